The Morgan fingerprint density at radius 1 is 1.29 bits per heavy atom. The van der Waals surface area contributed by atoms with Gasteiger partial charge in [-0.25, -0.2) is 0 Å². The molecule has 0 bridgehead atoms. The predicted molar refractivity (Wildman–Crippen MR) is 93.3 cm³/mol. The second-order valence-corrected chi connectivity index (χ2v) is 6.62. The Balaban J connectivity index is 2.07. The second kappa shape index (κ2) is 9.50. The summed E-state index contributed by atoms with van der Waals surface area (Å²) in [6, 6.07) is 3.47. The van der Waals surface area contributed by atoms with Gasteiger partial charge in [0.2, 0.25) is 11.8 Å². The van der Waals surface area contributed by atoms with Gasteiger partial charge in [-0.15, -0.1) is 0 Å². The fourth-order valence-corrected chi connectivity index (χ4v) is 3.39. The molecule has 1 heterocycles. The molecule has 1 fully saturated rings. The van der Waals surface area contributed by atoms with Crippen molar-refractivity contribution in [3.63, 3.8) is 0 Å². The molecule has 0 radical (unpaired) electrons. The molecular weight excluding hydrogens is 304 g/mol. The molecule has 5 nitrogen and oxygen atoms in total. The van der Waals surface area contributed by atoms with Crippen LogP contribution in [0.4, 0.5) is 0 Å². The largest absolute Gasteiger partial charge is 0.467 e. The Bertz CT molecular complexity index is 507. The van der Waals surface area contributed by atoms with Crippen LogP contribution in [-0.4, -0.2) is 28.8 Å². The molecule has 1 N–H and O–H groups in total. The highest BCUT2D eigenvalue weighted by atomic mass is 16.3. The van der Waals surface area contributed by atoms with Gasteiger partial charge in [0, 0.05) is 12.5 Å². The third-order valence-electron chi connectivity index (χ3n) is 4.71. The summed E-state index contributed by atoms with van der Waals surface area (Å²) >= 11 is 0. The Morgan fingerprint density at radius 3 is 2.62 bits per heavy atom. The highest BCUT2D eigenvalue weighted by molar-refractivity contribution is 5.87. The highest BCUT2D eigenvalue weighted by Crippen LogP contribution is 2.19. The maximum absolute atomic E-state index is 12.8. The topological polar surface area (TPSA) is 62.6 Å². The summed E-state index contributed by atoms with van der Waals surface area (Å²) in [4.78, 5) is 27.0. The van der Waals surface area contributed by atoms with Crippen molar-refractivity contribution < 1.29 is 14.0 Å². The number of carbonyl (C=O) groups is 2. The molecule has 1 aromatic rings. The van der Waals surface area contributed by atoms with E-state index in [1.54, 1.807) is 17.2 Å². The Hall–Kier alpha value is -1.78. The van der Waals surface area contributed by atoms with Gasteiger partial charge in [-0.05, 0) is 37.8 Å². The first kappa shape index (κ1) is 18.6. The lowest BCUT2D eigenvalue weighted by Crippen LogP contribution is -2.51. The Morgan fingerprint density at radius 2 is 2.04 bits per heavy atom. The molecule has 5 heteroatoms. The molecule has 1 atom stereocenters. The maximum atomic E-state index is 12.8. The monoisotopic (exact) mass is 334 g/mol. The third-order valence-corrected chi connectivity index (χ3v) is 4.71. The molecular formula is C19H30N2O3. The number of hydrogen-bond acceptors (Lipinski definition) is 3. The van der Waals surface area contributed by atoms with Crippen LogP contribution in [0.15, 0.2) is 22.8 Å². The minimum atomic E-state index is -0.434. The fourth-order valence-electron chi connectivity index (χ4n) is 3.39. The molecule has 1 aromatic heterocycles. The van der Waals surface area contributed by atoms with Crippen molar-refractivity contribution in [2.45, 2.75) is 83.8 Å². The highest BCUT2D eigenvalue weighted by Gasteiger charge is 2.30. The number of nitrogens with zero attached hydrogens (tertiary/aromatic N) is 1. The first-order chi connectivity index (χ1) is 11.7. The number of carbonyl (C=O) groups excluding carboxylic acids is 2. The van der Waals surface area contributed by atoms with E-state index in [9.17, 15) is 9.59 Å². The molecule has 2 rings (SSSR count). The van der Waals surface area contributed by atoms with Crippen molar-refractivity contribution in [3.8, 4) is 0 Å². The molecule has 134 valence electrons. The summed E-state index contributed by atoms with van der Waals surface area (Å²) in [7, 11) is 0. The summed E-state index contributed by atoms with van der Waals surface area (Å²) in [6.45, 7) is 4.29. The molecule has 1 aliphatic rings. The summed E-state index contributed by atoms with van der Waals surface area (Å²) in [5.74, 6) is 0.698. The van der Waals surface area contributed by atoms with Crippen LogP contribution in [0, 0.1) is 0 Å². The van der Waals surface area contributed by atoms with Crippen LogP contribution < -0.4 is 5.32 Å². The number of nitrogens with one attached hydrogen (secondary N) is 1. The number of amides is 2. The van der Waals surface area contributed by atoms with Crippen LogP contribution in [0.2, 0.25) is 0 Å². The second-order valence-electron chi connectivity index (χ2n) is 6.62. The minimum Gasteiger partial charge on any atom is -0.467 e. The first-order valence-corrected chi connectivity index (χ1v) is 9.27. The van der Waals surface area contributed by atoms with Gasteiger partial charge in [0.25, 0.3) is 0 Å². The minimum absolute atomic E-state index is 0.0135. The van der Waals surface area contributed by atoms with Crippen molar-refractivity contribution in [1.29, 1.82) is 0 Å². The van der Waals surface area contributed by atoms with Crippen molar-refractivity contribution in [1.82, 2.24) is 10.2 Å². The summed E-state index contributed by atoms with van der Waals surface area (Å²) in [5.41, 5.74) is 0. The van der Waals surface area contributed by atoms with Crippen LogP contribution >= 0.6 is 0 Å². The van der Waals surface area contributed by atoms with E-state index in [2.05, 4.69) is 5.32 Å². The molecule has 24 heavy (non-hydrogen) atoms. The van der Waals surface area contributed by atoms with E-state index in [4.69, 9.17) is 4.42 Å². The van der Waals surface area contributed by atoms with Crippen LogP contribution in [0.25, 0.3) is 0 Å². The summed E-state index contributed by atoms with van der Waals surface area (Å²) in [6.07, 6.45) is 9.12. The summed E-state index contributed by atoms with van der Waals surface area (Å²) in [5, 5.41) is 3.16. The van der Waals surface area contributed by atoms with Gasteiger partial charge in [-0.1, -0.05) is 33.1 Å². The lowest BCUT2D eigenvalue weighted by molar-refractivity contribution is -0.142. The molecule has 1 aliphatic carbocycles. The Kier molecular flexibility index (Phi) is 7.35. The van der Waals surface area contributed by atoms with E-state index in [1.165, 1.54) is 19.3 Å². The molecule has 0 aromatic carbocycles. The van der Waals surface area contributed by atoms with Crippen LogP contribution in [0.5, 0.6) is 0 Å². The van der Waals surface area contributed by atoms with Crippen LogP contribution in [0.1, 0.15) is 71.0 Å². The maximum Gasteiger partial charge on any atom is 0.243 e. The zero-order valence-electron chi connectivity index (χ0n) is 14.9. The van der Waals surface area contributed by atoms with Gasteiger partial charge in [0.1, 0.15) is 11.8 Å². The zero-order valence-corrected chi connectivity index (χ0v) is 14.9. The average Bonchev–Trinajstić information content (AvgIpc) is 3.09. The van der Waals surface area contributed by atoms with Gasteiger partial charge < -0.3 is 14.6 Å². The van der Waals surface area contributed by atoms with Gasteiger partial charge in [-0.2, -0.15) is 0 Å². The van der Waals surface area contributed by atoms with Crippen molar-refractivity contribution in [2.75, 3.05) is 0 Å². The van der Waals surface area contributed by atoms with Crippen molar-refractivity contribution >= 4 is 11.8 Å². The van der Waals surface area contributed by atoms with E-state index < -0.39 is 6.04 Å². The third kappa shape index (κ3) is 5.11. The van der Waals surface area contributed by atoms with Crippen molar-refractivity contribution in [3.05, 3.63) is 24.2 Å². The molecule has 1 unspecified atom stereocenters. The van der Waals surface area contributed by atoms with Gasteiger partial charge in [0.15, 0.2) is 0 Å². The zero-order chi connectivity index (χ0) is 17.4. The first-order valence-electron chi connectivity index (χ1n) is 9.27. The van der Waals surface area contributed by atoms with Gasteiger partial charge in [0.05, 0.1) is 12.8 Å². The number of rotatable bonds is 8. The van der Waals surface area contributed by atoms with Gasteiger partial charge in [-0.3, -0.25) is 9.59 Å². The number of furan rings is 1. The van der Waals surface area contributed by atoms with Gasteiger partial charge >= 0.3 is 0 Å². The van der Waals surface area contributed by atoms with Crippen LogP contribution in [0.3, 0.4) is 0 Å². The summed E-state index contributed by atoms with van der Waals surface area (Å²) < 4.78 is 5.39. The molecule has 0 aliphatic heterocycles. The van der Waals surface area contributed by atoms with E-state index >= 15 is 0 Å². The van der Waals surface area contributed by atoms with E-state index in [0.717, 1.165) is 19.3 Å². The lowest BCUT2D eigenvalue weighted by atomic mass is 9.95. The van der Waals surface area contributed by atoms with Crippen molar-refractivity contribution in [2.24, 2.45) is 0 Å². The van der Waals surface area contributed by atoms with E-state index in [-0.39, 0.29) is 17.9 Å². The normalized spacial score (nSPS) is 16.6. The molecule has 1 saturated carbocycles. The predicted octanol–water partition coefficient (Wildman–Crippen LogP) is 3.64. The smallest absolute Gasteiger partial charge is 0.243 e. The SMILES string of the molecule is CCCC(=O)N(Cc1ccco1)C(CC)C(=O)NC1CCCCC1. The fraction of sp³-hybridized carbons (Fsp3) is 0.684. The Labute approximate surface area is 144 Å². The van der Waals surface area contributed by atoms with E-state index in [0.29, 0.717) is 25.1 Å². The standard InChI is InChI=1S/C19H30N2O3/c1-3-9-18(22)21(14-16-12-8-13-24-16)17(4-2)19(23)20-15-10-6-5-7-11-15/h8,12-13,15,17H,3-7,9-11,14H2,1-2H3,(H,20,23). The van der Waals surface area contributed by atoms with Crippen LogP contribution in [-0.2, 0) is 16.1 Å². The van der Waals surface area contributed by atoms with E-state index in [1.807, 2.05) is 19.9 Å². The average molecular weight is 334 g/mol. The molecule has 0 spiro atoms. The molecule has 0 saturated heterocycles. The number of hydrogen-bond donors (Lipinski definition) is 1. The molecule has 2 amide bonds. The quantitative estimate of drug-likeness (QED) is 0.789. The lowest BCUT2D eigenvalue weighted by Gasteiger charge is -2.32.